The molecule has 0 spiro atoms. The van der Waals surface area contributed by atoms with Crippen molar-refractivity contribution >= 4 is 11.6 Å². The smallest absolute Gasteiger partial charge is 0.261 e. The van der Waals surface area contributed by atoms with Crippen molar-refractivity contribution in [1.82, 2.24) is 4.98 Å². The summed E-state index contributed by atoms with van der Waals surface area (Å²) in [5.41, 5.74) is 0.463. The fourth-order valence-electron chi connectivity index (χ4n) is 1.51. The average Bonchev–Trinajstić information content (AvgIpc) is 2.43. The summed E-state index contributed by atoms with van der Waals surface area (Å²) < 4.78 is 18.1. The number of carbonyl (C=O) groups excluding carboxylic acids is 1. The summed E-state index contributed by atoms with van der Waals surface area (Å²) in [6.45, 7) is 0. The summed E-state index contributed by atoms with van der Waals surface area (Å²) in [4.78, 5) is 15.9. The topological polar surface area (TPSA) is 71.5 Å². The Balaban J connectivity index is 2.23. The van der Waals surface area contributed by atoms with E-state index >= 15 is 0 Å². The number of benzene rings is 1. The van der Waals surface area contributed by atoms with Gasteiger partial charge in [0, 0.05) is 18.0 Å². The standard InChI is InChI=1S/C13H11FN2O3/c1-19-13-9(3-2-6-15-13)12(18)16-8-4-5-11(17)10(14)7-8/h2-7,17H,1H3,(H,16,18). The molecule has 0 unspecified atom stereocenters. The molecule has 0 saturated heterocycles. The highest BCUT2D eigenvalue weighted by molar-refractivity contribution is 6.05. The van der Waals surface area contributed by atoms with Crippen LogP contribution in [-0.2, 0) is 0 Å². The number of halogens is 1. The van der Waals surface area contributed by atoms with Gasteiger partial charge >= 0.3 is 0 Å². The zero-order valence-corrected chi connectivity index (χ0v) is 10.1. The van der Waals surface area contributed by atoms with Gasteiger partial charge in [-0.15, -0.1) is 0 Å². The van der Waals surface area contributed by atoms with Crippen LogP contribution in [0.25, 0.3) is 0 Å². The highest BCUT2D eigenvalue weighted by atomic mass is 19.1. The van der Waals surface area contributed by atoms with Gasteiger partial charge in [0.05, 0.1) is 7.11 Å². The maximum absolute atomic E-state index is 13.1. The van der Waals surface area contributed by atoms with E-state index < -0.39 is 17.5 Å². The molecular weight excluding hydrogens is 251 g/mol. The summed E-state index contributed by atoms with van der Waals surface area (Å²) >= 11 is 0. The first-order valence-corrected chi connectivity index (χ1v) is 5.40. The molecule has 98 valence electrons. The van der Waals surface area contributed by atoms with Gasteiger partial charge in [0.25, 0.3) is 5.91 Å². The molecule has 1 heterocycles. The van der Waals surface area contributed by atoms with Crippen molar-refractivity contribution in [2.45, 2.75) is 0 Å². The van der Waals surface area contributed by atoms with E-state index in [1.165, 1.54) is 25.4 Å². The fourth-order valence-corrected chi connectivity index (χ4v) is 1.51. The molecular formula is C13H11FN2O3. The lowest BCUT2D eigenvalue weighted by molar-refractivity contribution is 0.102. The molecule has 6 heteroatoms. The minimum atomic E-state index is -0.809. The number of carbonyl (C=O) groups is 1. The Morgan fingerprint density at radius 2 is 2.21 bits per heavy atom. The van der Waals surface area contributed by atoms with E-state index in [4.69, 9.17) is 9.84 Å². The van der Waals surface area contributed by atoms with Crippen LogP contribution in [0.1, 0.15) is 10.4 Å². The second-order valence-electron chi connectivity index (χ2n) is 3.68. The van der Waals surface area contributed by atoms with E-state index in [9.17, 15) is 9.18 Å². The monoisotopic (exact) mass is 262 g/mol. The number of phenols is 1. The average molecular weight is 262 g/mol. The number of methoxy groups -OCH3 is 1. The number of nitrogens with zero attached hydrogens (tertiary/aromatic N) is 1. The molecule has 0 saturated carbocycles. The summed E-state index contributed by atoms with van der Waals surface area (Å²) in [5.74, 6) is -1.58. The van der Waals surface area contributed by atoms with Crippen LogP contribution in [0.2, 0.25) is 0 Å². The van der Waals surface area contributed by atoms with Crippen LogP contribution in [0.4, 0.5) is 10.1 Å². The number of ether oxygens (including phenoxy) is 1. The SMILES string of the molecule is COc1ncccc1C(=O)Nc1ccc(O)c(F)c1. The first-order chi connectivity index (χ1) is 9.11. The molecule has 0 radical (unpaired) electrons. The third kappa shape index (κ3) is 2.79. The highest BCUT2D eigenvalue weighted by Gasteiger charge is 2.13. The molecule has 0 aliphatic heterocycles. The Hall–Kier alpha value is -2.63. The van der Waals surface area contributed by atoms with Gasteiger partial charge in [0.15, 0.2) is 11.6 Å². The van der Waals surface area contributed by atoms with Crippen molar-refractivity contribution in [3.63, 3.8) is 0 Å². The maximum Gasteiger partial charge on any atom is 0.261 e. The summed E-state index contributed by atoms with van der Waals surface area (Å²) in [6, 6.07) is 6.70. The quantitative estimate of drug-likeness (QED) is 0.832. The molecule has 1 aromatic carbocycles. The maximum atomic E-state index is 13.1. The van der Waals surface area contributed by atoms with Gasteiger partial charge in [0.1, 0.15) is 5.56 Å². The second-order valence-corrected chi connectivity index (χ2v) is 3.68. The first-order valence-electron chi connectivity index (χ1n) is 5.40. The molecule has 2 aromatic rings. The predicted octanol–water partition coefficient (Wildman–Crippen LogP) is 2.19. The van der Waals surface area contributed by atoms with Gasteiger partial charge in [-0.25, -0.2) is 9.37 Å². The number of pyridine rings is 1. The Kier molecular flexibility index (Phi) is 3.61. The van der Waals surface area contributed by atoms with E-state index in [2.05, 4.69) is 10.3 Å². The number of aromatic hydroxyl groups is 1. The van der Waals surface area contributed by atoms with E-state index in [1.807, 2.05) is 0 Å². The van der Waals surface area contributed by atoms with Crippen LogP contribution < -0.4 is 10.1 Å². The number of hydrogen-bond acceptors (Lipinski definition) is 4. The Morgan fingerprint density at radius 3 is 2.89 bits per heavy atom. The van der Waals surface area contributed by atoms with Gasteiger partial charge in [-0.3, -0.25) is 4.79 Å². The second kappa shape index (κ2) is 5.34. The van der Waals surface area contributed by atoms with Crippen molar-refractivity contribution in [2.75, 3.05) is 12.4 Å². The van der Waals surface area contributed by atoms with E-state index in [1.54, 1.807) is 6.07 Å². The van der Waals surface area contributed by atoms with Gasteiger partial charge < -0.3 is 15.2 Å². The van der Waals surface area contributed by atoms with Gasteiger partial charge in [-0.05, 0) is 24.3 Å². The molecule has 0 bridgehead atoms. The van der Waals surface area contributed by atoms with Gasteiger partial charge in [-0.1, -0.05) is 0 Å². The highest BCUT2D eigenvalue weighted by Crippen LogP contribution is 2.21. The summed E-state index contributed by atoms with van der Waals surface area (Å²) in [5, 5.41) is 11.6. The Labute approximate surface area is 108 Å². The number of amides is 1. The number of hydrogen-bond donors (Lipinski definition) is 2. The zero-order valence-electron chi connectivity index (χ0n) is 10.1. The third-order valence-electron chi connectivity index (χ3n) is 2.41. The van der Waals surface area contributed by atoms with Crippen LogP contribution in [0.5, 0.6) is 11.6 Å². The number of phenolic OH excluding ortho intramolecular Hbond substituents is 1. The normalized spacial score (nSPS) is 10.0. The molecule has 5 nitrogen and oxygen atoms in total. The van der Waals surface area contributed by atoms with Crippen molar-refractivity contribution in [3.8, 4) is 11.6 Å². The van der Waals surface area contributed by atoms with Crippen molar-refractivity contribution in [2.24, 2.45) is 0 Å². The number of nitrogens with one attached hydrogen (secondary N) is 1. The van der Waals surface area contributed by atoms with Gasteiger partial charge in [-0.2, -0.15) is 0 Å². The number of rotatable bonds is 3. The molecule has 0 fully saturated rings. The summed E-state index contributed by atoms with van der Waals surface area (Å²) in [6.07, 6.45) is 1.50. The first kappa shape index (κ1) is 12.8. The largest absolute Gasteiger partial charge is 0.505 e. The predicted molar refractivity (Wildman–Crippen MR) is 66.8 cm³/mol. The lowest BCUT2D eigenvalue weighted by Gasteiger charge is -2.08. The van der Waals surface area contributed by atoms with Crippen LogP contribution in [0.3, 0.4) is 0 Å². The van der Waals surface area contributed by atoms with E-state index in [-0.39, 0.29) is 17.1 Å². The zero-order chi connectivity index (χ0) is 13.8. The van der Waals surface area contributed by atoms with Gasteiger partial charge in [0.2, 0.25) is 5.88 Å². The molecule has 19 heavy (non-hydrogen) atoms. The lowest BCUT2D eigenvalue weighted by atomic mass is 10.2. The molecule has 1 amide bonds. The molecule has 0 atom stereocenters. The Bertz CT molecular complexity index is 617. The summed E-state index contributed by atoms with van der Waals surface area (Å²) in [7, 11) is 1.40. The van der Waals surface area contributed by atoms with Crippen LogP contribution in [0, 0.1) is 5.82 Å². The molecule has 2 rings (SSSR count). The molecule has 0 aliphatic carbocycles. The molecule has 2 N–H and O–H groups in total. The van der Waals surface area contributed by atoms with Crippen molar-refractivity contribution < 1.29 is 19.0 Å². The van der Waals surface area contributed by atoms with Crippen LogP contribution in [0.15, 0.2) is 36.5 Å². The third-order valence-corrected chi connectivity index (χ3v) is 2.41. The molecule has 0 aliphatic rings. The fraction of sp³-hybridized carbons (Fsp3) is 0.0769. The number of anilines is 1. The van der Waals surface area contributed by atoms with Crippen molar-refractivity contribution in [3.05, 3.63) is 47.9 Å². The molecule has 1 aromatic heterocycles. The Morgan fingerprint density at radius 1 is 1.42 bits per heavy atom. The number of aromatic nitrogens is 1. The minimum absolute atomic E-state index is 0.180. The van der Waals surface area contributed by atoms with Crippen LogP contribution >= 0.6 is 0 Å². The van der Waals surface area contributed by atoms with Crippen molar-refractivity contribution in [1.29, 1.82) is 0 Å². The lowest BCUT2D eigenvalue weighted by Crippen LogP contribution is -2.13. The van der Waals surface area contributed by atoms with E-state index in [0.29, 0.717) is 0 Å². The van der Waals surface area contributed by atoms with E-state index in [0.717, 1.165) is 12.1 Å². The van der Waals surface area contributed by atoms with Crippen LogP contribution in [-0.4, -0.2) is 23.1 Å². The minimum Gasteiger partial charge on any atom is -0.505 e.